The molecule has 1 aliphatic rings. The molecule has 1 rings (SSSR count). The third-order valence-corrected chi connectivity index (χ3v) is 2.91. The van der Waals surface area contributed by atoms with Crippen molar-refractivity contribution < 1.29 is 9.59 Å². The van der Waals surface area contributed by atoms with E-state index in [9.17, 15) is 9.59 Å². The summed E-state index contributed by atoms with van der Waals surface area (Å²) in [6.07, 6.45) is 2.85. The highest BCUT2D eigenvalue weighted by atomic mass is 16.1. The number of hydrogen-bond acceptors (Lipinski definition) is 2. The summed E-state index contributed by atoms with van der Waals surface area (Å²) in [6.45, 7) is 5.07. The second-order valence-corrected chi connectivity index (χ2v) is 4.15. The summed E-state index contributed by atoms with van der Waals surface area (Å²) >= 11 is 0. The first-order valence-corrected chi connectivity index (χ1v) is 4.75. The van der Waals surface area contributed by atoms with Crippen LogP contribution in [0.25, 0.3) is 0 Å². The number of ketones is 1. The molecule has 1 N–H and O–H groups in total. The second-order valence-electron chi connectivity index (χ2n) is 4.15. The van der Waals surface area contributed by atoms with Gasteiger partial charge in [0.25, 0.3) is 0 Å². The zero-order chi connectivity index (χ0) is 10.1. The number of rotatable bonds is 2. The summed E-state index contributed by atoms with van der Waals surface area (Å²) < 4.78 is 0. The molecule has 0 spiro atoms. The summed E-state index contributed by atoms with van der Waals surface area (Å²) in [5.74, 6) is 0.154. The molecule has 0 aromatic rings. The fourth-order valence-electron chi connectivity index (χ4n) is 2.37. The highest BCUT2D eigenvalue weighted by Crippen LogP contribution is 2.35. The van der Waals surface area contributed by atoms with Gasteiger partial charge in [-0.05, 0) is 26.7 Å². The van der Waals surface area contributed by atoms with Crippen molar-refractivity contribution in [2.24, 2.45) is 5.92 Å². The Morgan fingerprint density at radius 3 is 2.46 bits per heavy atom. The molecule has 3 nitrogen and oxygen atoms in total. The van der Waals surface area contributed by atoms with Crippen LogP contribution in [-0.2, 0) is 9.59 Å². The molecule has 0 aliphatic heterocycles. The van der Waals surface area contributed by atoms with Gasteiger partial charge in [0.15, 0.2) is 0 Å². The molecule has 1 saturated carbocycles. The van der Waals surface area contributed by atoms with Crippen LogP contribution in [0.1, 0.15) is 40.0 Å². The minimum atomic E-state index is -0.294. The van der Waals surface area contributed by atoms with Gasteiger partial charge in [-0.25, -0.2) is 0 Å². The van der Waals surface area contributed by atoms with Gasteiger partial charge in [-0.15, -0.1) is 0 Å². The predicted octanol–water partition coefficient (Wildman–Crippen LogP) is 1.27. The summed E-state index contributed by atoms with van der Waals surface area (Å²) in [7, 11) is 0. The lowest BCUT2D eigenvalue weighted by atomic mass is 9.86. The van der Waals surface area contributed by atoms with Gasteiger partial charge < -0.3 is 5.32 Å². The predicted molar refractivity (Wildman–Crippen MR) is 50.2 cm³/mol. The largest absolute Gasteiger partial charge is 0.350 e. The summed E-state index contributed by atoms with van der Waals surface area (Å²) in [6, 6.07) is 0. The van der Waals surface area contributed by atoms with E-state index in [0.29, 0.717) is 0 Å². The maximum absolute atomic E-state index is 11.3. The molecule has 1 aliphatic carbocycles. The third-order valence-electron chi connectivity index (χ3n) is 2.91. The van der Waals surface area contributed by atoms with E-state index in [-0.39, 0.29) is 23.1 Å². The van der Waals surface area contributed by atoms with Crippen LogP contribution in [-0.4, -0.2) is 17.2 Å². The van der Waals surface area contributed by atoms with Gasteiger partial charge in [0.2, 0.25) is 5.91 Å². The number of carbonyl (C=O) groups excluding carboxylic acids is 2. The summed E-state index contributed by atoms with van der Waals surface area (Å²) in [5, 5.41) is 2.89. The standard InChI is InChI=1S/C10H17NO2/c1-7(12)9-5-4-6-10(9,3)11-8(2)13/h9H,4-6H2,1-3H3,(H,11,13). The van der Waals surface area contributed by atoms with Crippen LogP contribution in [0.2, 0.25) is 0 Å². The number of Topliss-reactive ketones (excluding diaryl/α,β-unsaturated/α-hetero) is 1. The normalized spacial score (nSPS) is 33.0. The molecular weight excluding hydrogens is 166 g/mol. The van der Waals surface area contributed by atoms with E-state index in [0.717, 1.165) is 19.3 Å². The van der Waals surface area contributed by atoms with E-state index < -0.39 is 0 Å². The molecule has 3 heteroatoms. The Hall–Kier alpha value is -0.860. The van der Waals surface area contributed by atoms with Crippen molar-refractivity contribution in [1.82, 2.24) is 5.32 Å². The van der Waals surface area contributed by atoms with E-state index >= 15 is 0 Å². The zero-order valence-electron chi connectivity index (χ0n) is 8.52. The summed E-state index contributed by atoms with van der Waals surface area (Å²) in [5.41, 5.74) is -0.294. The van der Waals surface area contributed by atoms with Crippen LogP contribution in [0.15, 0.2) is 0 Å². The lowest BCUT2D eigenvalue weighted by molar-refractivity contribution is -0.125. The van der Waals surface area contributed by atoms with E-state index in [1.165, 1.54) is 6.92 Å². The number of nitrogens with one attached hydrogen (secondary N) is 1. The Labute approximate surface area is 78.9 Å². The molecular formula is C10H17NO2. The Kier molecular flexibility index (Phi) is 2.74. The highest BCUT2D eigenvalue weighted by Gasteiger charge is 2.41. The average molecular weight is 183 g/mol. The van der Waals surface area contributed by atoms with Crippen LogP contribution in [0.4, 0.5) is 0 Å². The average Bonchev–Trinajstić information content (AvgIpc) is 2.28. The molecule has 1 amide bonds. The molecule has 13 heavy (non-hydrogen) atoms. The van der Waals surface area contributed by atoms with Gasteiger partial charge in [0.1, 0.15) is 5.78 Å². The maximum atomic E-state index is 11.3. The van der Waals surface area contributed by atoms with Crippen molar-refractivity contribution in [3.63, 3.8) is 0 Å². The smallest absolute Gasteiger partial charge is 0.217 e. The van der Waals surface area contributed by atoms with Crippen LogP contribution in [0.5, 0.6) is 0 Å². The van der Waals surface area contributed by atoms with E-state index in [1.807, 2.05) is 6.92 Å². The molecule has 0 radical (unpaired) electrons. The lowest BCUT2D eigenvalue weighted by Crippen LogP contribution is -2.49. The monoisotopic (exact) mass is 183 g/mol. The Bertz CT molecular complexity index is 237. The van der Waals surface area contributed by atoms with Crippen molar-refractivity contribution in [1.29, 1.82) is 0 Å². The van der Waals surface area contributed by atoms with Gasteiger partial charge in [0, 0.05) is 18.4 Å². The molecule has 1 fully saturated rings. The fourth-order valence-corrected chi connectivity index (χ4v) is 2.37. The van der Waals surface area contributed by atoms with Gasteiger partial charge in [0.05, 0.1) is 0 Å². The van der Waals surface area contributed by atoms with Crippen LogP contribution < -0.4 is 5.32 Å². The van der Waals surface area contributed by atoms with Gasteiger partial charge in [-0.3, -0.25) is 9.59 Å². The first-order chi connectivity index (χ1) is 5.96. The third kappa shape index (κ3) is 2.08. The van der Waals surface area contributed by atoms with Crippen molar-refractivity contribution in [2.75, 3.05) is 0 Å². The summed E-state index contributed by atoms with van der Waals surface area (Å²) in [4.78, 5) is 22.2. The van der Waals surface area contributed by atoms with Gasteiger partial charge >= 0.3 is 0 Å². The number of carbonyl (C=O) groups is 2. The van der Waals surface area contributed by atoms with Gasteiger partial charge in [-0.2, -0.15) is 0 Å². The SMILES string of the molecule is CC(=O)NC1(C)CCCC1C(C)=O. The fraction of sp³-hybridized carbons (Fsp3) is 0.800. The number of amides is 1. The van der Waals surface area contributed by atoms with Crippen molar-refractivity contribution in [2.45, 2.75) is 45.6 Å². The quantitative estimate of drug-likeness (QED) is 0.700. The van der Waals surface area contributed by atoms with E-state index in [2.05, 4.69) is 5.32 Å². The molecule has 2 atom stereocenters. The topological polar surface area (TPSA) is 46.2 Å². The Morgan fingerprint density at radius 2 is 2.00 bits per heavy atom. The van der Waals surface area contributed by atoms with Crippen molar-refractivity contribution in [3.05, 3.63) is 0 Å². The Morgan fingerprint density at radius 1 is 1.38 bits per heavy atom. The molecule has 74 valence electrons. The number of hydrogen-bond donors (Lipinski definition) is 1. The first kappa shape index (κ1) is 10.2. The van der Waals surface area contributed by atoms with Crippen LogP contribution in [0, 0.1) is 5.92 Å². The minimum Gasteiger partial charge on any atom is -0.350 e. The van der Waals surface area contributed by atoms with E-state index in [4.69, 9.17) is 0 Å². The zero-order valence-corrected chi connectivity index (χ0v) is 8.52. The molecule has 0 bridgehead atoms. The molecule has 0 aromatic heterocycles. The van der Waals surface area contributed by atoms with Crippen LogP contribution >= 0.6 is 0 Å². The highest BCUT2D eigenvalue weighted by molar-refractivity contribution is 5.82. The second kappa shape index (κ2) is 3.48. The molecule has 2 unspecified atom stereocenters. The maximum Gasteiger partial charge on any atom is 0.217 e. The minimum absolute atomic E-state index is 0.0106. The van der Waals surface area contributed by atoms with Gasteiger partial charge in [-0.1, -0.05) is 6.42 Å². The van der Waals surface area contributed by atoms with Crippen molar-refractivity contribution in [3.8, 4) is 0 Å². The molecule has 0 aromatic carbocycles. The lowest BCUT2D eigenvalue weighted by Gasteiger charge is -2.30. The van der Waals surface area contributed by atoms with E-state index in [1.54, 1.807) is 6.92 Å². The molecule has 0 heterocycles. The van der Waals surface area contributed by atoms with Crippen LogP contribution in [0.3, 0.4) is 0 Å². The van der Waals surface area contributed by atoms with Crippen molar-refractivity contribution >= 4 is 11.7 Å². The molecule has 0 saturated heterocycles. The first-order valence-electron chi connectivity index (χ1n) is 4.75. The Balaban J connectivity index is 2.75.